The average molecular weight is 211 g/mol. The summed E-state index contributed by atoms with van der Waals surface area (Å²) in [5.74, 6) is 0.00319. The largest absolute Gasteiger partial charge is 0.278 e. The lowest BCUT2D eigenvalue weighted by Gasteiger charge is -2.25. The third kappa shape index (κ3) is 1.81. The fourth-order valence-electron chi connectivity index (χ4n) is 1.47. The fraction of sp³-hybridized carbons (Fsp3) is 0.500. The zero-order chi connectivity index (χ0) is 9.97. The molecule has 1 fully saturated rings. The van der Waals surface area contributed by atoms with Gasteiger partial charge in [0, 0.05) is 11.9 Å². The van der Waals surface area contributed by atoms with Crippen molar-refractivity contribution in [3.05, 3.63) is 21.9 Å². The topological polar surface area (TPSA) is 29.5 Å². The second-order valence-corrected chi connectivity index (χ2v) is 4.16. The predicted octanol–water partition coefficient (Wildman–Crippen LogP) is 2.22. The van der Waals surface area contributed by atoms with Gasteiger partial charge < -0.3 is 0 Å². The minimum atomic E-state index is 0.00319. The molecule has 1 saturated heterocycles. The summed E-state index contributed by atoms with van der Waals surface area (Å²) in [4.78, 5) is 17.2. The third-order valence-corrected chi connectivity index (χ3v) is 3.18. The summed E-state index contributed by atoms with van der Waals surface area (Å²) < 4.78 is 0. The number of nitrogens with zero attached hydrogens (tertiary/aromatic N) is 1. The third-order valence-electron chi connectivity index (χ3n) is 2.32. The summed E-state index contributed by atoms with van der Waals surface area (Å²) in [7, 11) is 0. The highest BCUT2D eigenvalue weighted by atomic mass is 32.1. The van der Waals surface area contributed by atoms with Crippen molar-refractivity contribution in [2.24, 2.45) is 0 Å². The maximum Gasteiger partial charge on any atom is 0.278 e. The molecule has 76 valence electrons. The van der Waals surface area contributed by atoms with Gasteiger partial charge in [0.05, 0.1) is 12.2 Å². The summed E-state index contributed by atoms with van der Waals surface area (Å²) in [6.07, 6.45) is 2.08. The number of amides is 1. The molecule has 1 aliphatic rings. The maximum absolute atomic E-state index is 11.9. The molecule has 0 aliphatic carbocycles. The van der Waals surface area contributed by atoms with Crippen molar-refractivity contribution in [3.8, 4) is 0 Å². The van der Waals surface area contributed by atoms with E-state index < -0.39 is 0 Å². The number of thiophene rings is 1. The van der Waals surface area contributed by atoms with Crippen LogP contribution in [-0.4, -0.2) is 24.1 Å². The Labute approximate surface area is 87.2 Å². The number of hydrogen-bond acceptors (Lipinski definition) is 3. The number of rotatable bonds is 1. The van der Waals surface area contributed by atoms with Gasteiger partial charge in [-0.15, -0.1) is 0 Å². The number of carbonyl (C=O) groups excluding carboxylic acids is 1. The van der Waals surface area contributed by atoms with Crippen LogP contribution in [-0.2, 0) is 4.84 Å². The zero-order valence-corrected chi connectivity index (χ0v) is 8.97. The van der Waals surface area contributed by atoms with Gasteiger partial charge in [-0.05, 0) is 30.7 Å². The first kappa shape index (κ1) is 9.68. The van der Waals surface area contributed by atoms with E-state index >= 15 is 0 Å². The van der Waals surface area contributed by atoms with Gasteiger partial charge in [-0.3, -0.25) is 9.63 Å². The summed E-state index contributed by atoms with van der Waals surface area (Å²) in [6, 6.07) is 0. The Balaban J connectivity index is 2.11. The molecule has 2 rings (SSSR count). The van der Waals surface area contributed by atoms with Crippen LogP contribution in [0.15, 0.2) is 10.8 Å². The van der Waals surface area contributed by atoms with Crippen LogP contribution in [0.4, 0.5) is 0 Å². The second-order valence-electron chi connectivity index (χ2n) is 3.42. The fourth-order valence-corrected chi connectivity index (χ4v) is 2.29. The van der Waals surface area contributed by atoms with Gasteiger partial charge in [0.2, 0.25) is 0 Å². The number of hydroxylamine groups is 2. The Morgan fingerprint density at radius 3 is 2.93 bits per heavy atom. The van der Waals surface area contributed by atoms with E-state index in [1.54, 1.807) is 11.3 Å². The van der Waals surface area contributed by atoms with Crippen LogP contribution in [0, 0.1) is 6.92 Å². The van der Waals surface area contributed by atoms with Gasteiger partial charge in [0.15, 0.2) is 0 Å². The van der Waals surface area contributed by atoms with Crippen molar-refractivity contribution in [1.82, 2.24) is 5.06 Å². The first-order chi connectivity index (χ1) is 6.79. The van der Waals surface area contributed by atoms with E-state index in [0.29, 0.717) is 13.2 Å². The van der Waals surface area contributed by atoms with Crippen LogP contribution in [0.25, 0.3) is 0 Å². The van der Waals surface area contributed by atoms with Crippen LogP contribution >= 0.6 is 11.3 Å². The second kappa shape index (κ2) is 4.11. The molecule has 3 nitrogen and oxygen atoms in total. The van der Waals surface area contributed by atoms with E-state index in [-0.39, 0.29) is 5.91 Å². The smallest absolute Gasteiger partial charge is 0.271 e. The minimum absolute atomic E-state index is 0.00319. The van der Waals surface area contributed by atoms with Crippen molar-refractivity contribution in [2.75, 3.05) is 13.2 Å². The SMILES string of the molecule is Cc1cscc1C(=O)N1CCCCO1. The van der Waals surface area contributed by atoms with E-state index in [4.69, 9.17) is 4.84 Å². The molecule has 0 radical (unpaired) electrons. The average Bonchev–Trinajstić information content (AvgIpc) is 2.65. The van der Waals surface area contributed by atoms with Gasteiger partial charge >= 0.3 is 0 Å². The van der Waals surface area contributed by atoms with Crippen LogP contribution in [0.5, 0.6) is 0 Å². The molecule has 1 aromatic heterocycles. The lowest BCUT2D eigenvalue weighted by atomic mass is 10.2. The summed E-state index contributed by atoms with van der Waals surface area (Å²) in [6.45, 7) is 3.33. The molecule has 1 aliphatic heterocycles. The van der Waals surface area contributed by atoms with Crippen molar-refractivity contribution in [3.63, 3.8) is 0 Å². The number of hydrogen-bond donors (Lipinski definition) is 0. The number of carbonyl (C=O) groups is 1. The van der Waals surface area contributed by atoms with Gasteiger partial charge in [-0.2, -0.15) is 11.3 Å². The van der Waals surface area contributed by atoms with Crippen LogP contribution < -0.4 is 0 Å². The number of aryl methyl sites for hydroxylation is 1. The van der Waals surface area contributed by atoms with Gasteiger partial charge in [0.1, 0.15) is 0 Å². The van der Waals surface area contributed by atoms with Crippen molar-refractivity contribution >= 4 is 17.2 Å². The molecule has 0 atom stereocenters. The lowest BCUT2D eigenvalue weighted by Crippen LogP contribution is -2.35. The quantitative estimate of drug-likeness (QED) is 0.713. The maximum atomic E-state index is 11.9. The summed E-state index contributed by atoms with van der Waals surface area (Å²) in [5.41, 5.74) is 1.81. The van der Waals surface area contributed by atoms with E-state index in [0.717, 1.165) is 24.0 Å². The molecule has 1 aromatic rings. The van der Waals surface area contributed by atoms with Crippen molar-refractivity contribution in [2.45, 2.75) is 19.8 Å². The molecule has 0 unspecified atom stereocenters. The van der Waals surface area contributed by atoms with Gasteiger partial charge in [0.25, 0.3) is 5.91 Å². The molecule has 0 N–H and O–H groups in total. The molecule has 0 saturated carbocycles. The summed E-state index contributed by atoms with van der Waals surface area (Å²) in [5, 5.41) is 5.35. The highest BCUT2D eigenvalue weighted by Gasteiger charge is 2.20. The van der Waals surface area contributed by atoms with Gasteiger partial charge in [-0.1, -0.05) is 0 Å². The molecule has 0 aromatic carbocycles. The standard InChI is InChI=1S/C10H13NO2S/c1-8-6-14-7-9(8)10(12)11-4-2-3-5-13-11/h6-7H,2-5H2,1H3. The normalized spacial score (nSPS) is 17.1. The van der Waals surface area contributed by atoms with Crippen LogP contribution in [0.2, 0.25) is 0 Å². The predicted molar refractivity (Wildman–Crippen MR) is 55.3 cm³/mol. The zero-order valence-electron chi connectivity index (χ0n) is 8.16. The molecule has 1 amide bonds. The highest BCUT2D eigenvalue weighted by Crippen LogP contribution is 2.18. The van der Waals surface area contributed by atoms with E-state index in [9.17, 15) is 4.79 Å². The molecule has 14 heavy (non-hydrogen) atoms. The Kier molecular flexibility index (Phi) is 2.84. The molecule has 0 spiro atoms. The Hall–Kier alpha value is -0.870. The molecular formula is C10H13NO2S. The first-order valence-electron chi connectivity index (χ1n) is 4.76. The molecule has 0 bridgehead atoms. The van der Waals surface area contributed by atoms with Crippen LogP contribution in [0.3, 0.4) is 0 Å². The molecule has 2 heterocycles. The van der Waals surface area contributed by atoms with Crippen molar-refractivity contribution < 1.29 is 9.63 Å². The van der Waals surface area contributed by atoms with Crippen molar-refractivity contribution in [1.29, 1.82) is 0 Å². The Bertz CT molecular complexity index is 329. The minimum Gasteiger partial charge on any atom is -0.271 e. The highest BCUT2D eigenvalue weighted by molar-refractivity contribution is 7.08. The molecule has 4 heteroatoms. The molecular weight excluding hydrogens is 198 g/mol. The van der Waals surface area contributed by atoms with E-state index in [1.165, 1.54) is 5.06 Å². The first-order valence-corrected chi connectivity index (χ1v) is 5.71. The Morgan fingerprint density at radius 1 is 1.50 bits per heavy atom. The van der Waals surface area contributed by atoms with E-state index in [1.807, 2.05) is 17.7 Å². The lowest BCUT2D eigenvalue weighted by molar-refractivity contribution is -0.144. The van der Waals surface area contributed by atoms with Crippen LogP contribution in [0.1, 0.15) is 28.8 Å². The summed E-state index contributed by atoms with van der Waals surface area (Å²) >= 11 is 1.56. The monoisotopic (exact) mass is 211 g/mol. The Morgan fingerprint density at radius 2 is 2.36 bits per heavy atom. The van der Waals surface area contributed by atoms with E-state index in [2.05, 4.69) is 0 Å². The van der Waals surface area contributed by atoms with Gasteiger partial charge in [-0.25, -0.2) is 5.06 Å².